The standard InChI is InChI=1S/C25H28N2O3/c1-3-23(30-24-10-6-8-19-7-4-5-9-22(19)24)25(28)27-17-15-26(16-18-27)20-11-13-21(29-2)14-12-20/h4-14,23H,3,15-18H2,1-2H3. The van der Waals surface area contributed by atoms with Gasteiger partial charge in [0.1, 0.15) is 11.5 Å². The van der Waals surface area contributed by atoms with Gasteiger partial charge in [-0.1, -0.05) is 43.3 Å². The Hall–Kier alpha value is -3.21. The van der Waals surface area contributed by atoms with Crippen molar-refractivity contribution in [2.45, 2.75) is 19.4 Å². The van der Waals surface area contributed by atoms with Crippen molar-refractivity contribution in [1.82, 2.24) is 4.90 Å². The predicted molar refractivity (Wildman–Crippen MR) is 120 cm³/mol. The third-order valence-corrected chi connectivity index (χ3v) is 5.69. The van der Waals surface area contributed by atoms with Gasteiger partial charge in [-0.25, -0.2) is 0 Å². The van der Waals surface area contributed by atoms with E-state index >= 15 is 0 Å². The van der Waals surface area contributed by atoms with Gasteiger partial charge in [0.05, 0.1) is 7.11 Å². The molecule has 0 aliphatic carbocycles. The SMILES string of the molecule is CCC(Oc1cccc2ccccc12)C(=O)N1CCN(c2ccc(OC)cc2)CC1. The summed E-state index contributed by atoms with van der Waals surface area (Å²) in [5.74, 6) is 1.69. The molecule has 1 fully saturated rings. The van der Waals surface area contributed by atoms with Crippen LogP contribution in [0.2, 0.25) is 0 Å². The van der Waals surface area contributed by atoms with Crippen molar-refractivity contribution < 1.29 is 14.3 Å². The molecule has 3 aromatic carbocycles. The molecule has 1 aliphatic rings. The largest absolute Gasteiger partial charge is 0.497 e. The maximum Gasteiger partial charge on any atom is 0.263 e. The molecule has 1 unspecified atom stereocenters. The predicted octanol–water partition coefficient (Wildman–Crippen LogP) is 4.35. The molecule has 1 saturated heterocycles. The zero-order chi connectivity index (χ0) is 20.9. The maximum atomic E-state index is 13.2. The molecular formula is C25H28N2O3. The normalized spacial score (nSPS) is 15.1. The lowest BCUT2D eigenvalue weighted by molar-refractivity contribution is -0.139. The van der Waals surface area contributed by atoms with E-state index in [-0.39, 0.29) is 5.91 Å². The molecule has 0 aromatic heterocycles. The number of carbonyl (C=O) groups excluding carboxylic acids is 1. The topological polar surface area (TPSA) is 42.0 Å². The number of methoxy groups -OCH3 is 1. The Bertz CT molecular complexity index is 989. The molecule has 3 aromatic rings. The third-order valence-electron chi connectivity index (χ3n) is 5.69. The lowest BCUT2D eigenvalue weighted by atomic mass is 10.1. The van der Waals surface area contributed by atoms with E-state index in [0.29, 0.717) is 19.5 Å². The Morgan fingerprint density at radius 2 is 1.63 bits per heavy atom. The molecule has 0 spiro atoms. The smallest absolute Gasteiger partial charge is 0.263 e. The highest BCUT2D eigenvalue weighted by atomic mass is 16.5. The fourth-order valence-corrected chi connectivity index (χ4v) is 3.94. The van der Waals surface area contributed by atoms with E-state index in [0.717, 1.165) is 41.0 Å². The molecule has 4 rings (SSSR count). The van der Waals surface area contributed by atoms with Crippen molar-refractivity contribution in [2.24, 2.45) is 0 Å². The van der Waals surface area contributed by atoms with Crippen LogP contribution in [0.3, 0.4) is 0 Å². The molecule has 30 heavy (non-hydrogen) atoms. The first-order valence-electron chi connectivity index (χ1n) is 10.5. The molecule has 1 atom stereocenters. The molecule has 1 aliphatic heterocycles. The number of carbonyl (C=O) groups is 1. The maximum absolute atomic E-state index is 13.2. The molecule has 0 radical (unpaired) electrons. The van der Waals surface area contributed by atoms with Gasteiger partial charge in [0.2, 0.25) is 0 Å². The molecule has 1 amide bonds. The number of ether oxygens (including phenoxy) is 2. The summed E-state index contributed by atoms with van der Waals surface area (Å²) in [4.78, 5) is 17.4. The van der Waals surface area contributed by atoms with Crippen LogP contribution in [0.1, 0.15) is 13.3 Å². The van der Waals surface area contributed by atoms with Crippen LogP contribution in [0.4, 0.5) is 5.69 Å². The second-order valence-electron chi connectivity index (χ2n) is 7.50. The van der Waals surface area contributed by atoms with Crippen LogP contribution in [0, 0.1) is 0 Å². The number of piperazine rings is 1. The Kier molecular flexibility index (Phi) is 6.07. The van der Waals surface area contributed by atoms with E-state index < -0.39 is 6.10 Å². The molecule has 156 valence electrons. The van der Waals surface area contributed by atoms with E-state index in [2.05, 4.69) is 29.2 Å². The zero-order valence-corrected chi connectivity index (χ0v) is 17.6. The Labute approximate surface area is 177 Å². The van der Waals surface area contributed by atoms with Gasteiger partial charge in [0.15, 0.2) is 6.10 Å². The van der Waals surface area contributed by atoms with Crippen LogP contribution in [0.25, 0.3) is 10.8 Å². The fraction of sp³-hybridized carbons (Fsp3) is 0.320. The molecule has 5 heteroatoms. The summed E-state index contributed by atoms with van der Waals surface area (Å²) >= 11 is 0. The third kappa shape index (κ3) is 4.20. The summed E-state index contributed by atoms with van der Waals surface area (Å²) in [5.41, 5.74) is 1.15. The summed E-state index contributed by atoms with van der Waals surface area (Å²) < 4.78 is 11.4. The van der Waals surface area contributed by atoms with Crippen molar-refractivity contribution in [3.05, 3.63) is 66.7 Å². The second kappa shape index (κ2) is 9.08. The minimum atomic E-state index is -0.469. The number of anilines is 1. The lowest BCUT2D eigenvalue weighted by Gasteiger charge is -2.37. The summed E-state index contributed by atoms with van der Waals surface area (Å²) in [6, 6.07) is 22.2. The first-order chi connectivity index (χ1) is 14.7. The minimum absolute atomic E-state index is 0.0693. The minimum Gasteiger partial charge on any atom is -0.497 e. The van der Waals surface area contributed by atoms with Crippen molar-refractivity contribution in [1.29, 1.82) is 0 Å². The highest BCUT2D eigenvalue weighted by Crippen LogP contribution is 2.27. The van der Waals surface area contributed by atoms with Crippen molar-refractivity contribution >= 4 is 22.4 Å². The second-order valence-corrected chi connectivity index (χ2v) is 7.50. The number of amides is 1. The molecular weight excluding hydrogens is 376 g/mol. The quantitative estimate of drug-likeness (QED) is 0.612. The number of benzene rings is 3. The van der Waals surface area contributed by atoms with Crippen LogP contribution in [-0.2, 0) is 4.79 Å². The van der Waals surface area contributed by atoms with E-state index in [1.54, 1.807) is 7.11 Å². The Morgan fingerprint density at radius 3 is 2.33 bits per heavy atom. The van der Waals surface area contributed by atoms with Gasteiger partial charge in [-0.05, 0) is 42.1 Å². The average molecular weight is 405 g/mol. The van der Waals surface area contributed by atoms with Crippen LogP contribution in [0.5, 0.6) is 11.5 Å². The van der Waals surface area contributed by atoms with Gasteiger partial charge in [0.25, 0.3) is 5.91 Å². The monoisotopic (exact) mass is 404 g/mol. The number of rotatable bonds is 6. The lowest BCUT2D eigenvalue weighted by Crippen LogP contribution is -2.52. The number of nitrogens with zero attached hydrogens (tertiary/aromatic N) is 2. The first kappa shape index (κ1) is 20.1. The highest BCUT2D eigenvalue weighted by molar-refractivity contribution is 5.89. The molecule has 1 heterocycles. The fourth-order valence-electron chi connectivity index (χ4n) is 3.94. The molecule has 5 nitrogen and oxygen atoms in total. The molecule has 0 N–H and O–H groups in total. The van der Waals surface area contributed by atoms with Gasteiger partial charge < -0.3 is 19.3 Å². The highest BCUT2D eigenvalue weighted by Gasteiger charge is 2.28. The van der Waals surface area contributed by atoms with Crippen LogP contribution >= 0.6 is 0 Å². The van der Waals surface area contributed by atoms with Crippen molar-refractivity contribution in [3.8, 4) is 11.5 Å². The first-order valence-corrected chi connectivity index (χ1v) is 10.5. The summed E-state index contributed by atoms with van der Waals surface area (Å²) in [5, 5.41) is 2.15. The van der Waals surface area contributed by atoms with Gasteiger partial charge in [0, 0.05) is 37.3 Å². The Balaban J connectivity index is 1.40. The molecule has 0 saturated carbocycles. The van der Waals surface area contributed by atoms with E-state index in [1.807, 2.05) is 54.3 Å². The van der Waals surface area contributed by atoms with E-state index in [1.165, 1.54) is 0 Å². The van der Waals surface area contributed by atoms with Crippen molar-refractivity contribution in [2.75, 3.05) is 38.2 Å². The van der Waals surface area contributed by atoms with Gasteiger partial charge in [-0.3, -0.25) is 4.79 Å². The molecule has 0 bridgehead atoms. The van der Waals surface area contributed by atoms with Crippen LogP contribution in [0.15, 0.2) is 66.7 Å². The average Bonchev–Trinajstić information content (AvgIpc) is 2.82. The number of hydrogen-bond acceptors (Lipinski definition) is 4. The van der Waals surface area contributed by atoms with Gasteiger partial charge >= 0.3 is 0 Å². The summed E-state index contributed by atoms with van der Waals surface area (Å²) in [6.07, 6.45) is 0.171. The van der Waals surface area contributed by atoms with Crippen LogP contribution < -0.4 is 14.4 Å². The summed E-state index contributed by atoms with van der Waals surface area (Å²) in [7, 11) is 1.67. The van der Waals surface area contributed by atoms with E-state index in [9.17, 15) is 4.79 Å². The summed E-state index contributed by atoms with van der Waals surface area (Å²) in [6.45, 7) is 5.01. The van der Waals surface area contributed by atoms with Crippen LogP contribution in [-0.4, -0.2) is 50.2 Å². The number of fused-ring (bicyclic) bond motifs is 1. The van der Waals surface area contributed by atoms with Crippen molar-refractivity contribution in [3.63, 3.8) is 0 Å². The Morgan fingerprint density at radius 1 is 0.933 bits per heavy atom. The van der Waals surface area contributed by atoms with E-state index in [4.69, 9.17) is 9.47 Å². The van der Waals surface area contributed by atoms with Gasteiger partial charge in [-0.2, -0.15) is 0 Å². The number of hydrogen-bond donors (Lipinski definition) is 0. The zero-order valence-electron chi connectivity index (χ0n) is 17.6. The van der Waals surface area contributed by atoms with Gasteiger partial charge in [-0.15, -0.1) is 0 Å².